The lowest BCUT2D eigenvalue weighted by molar-refractivity contribution is 0.417. The summed E-state index contributed by atoms with van der Waals surface area (Å²) in [7, 11) is 1.55. The van der Waals surface area contributed by atoms with Crippen molar-refractivity contribution in [3.05, 3.63) is 82.8 Å². The minimum Gasteiger partial charge on any atom is -0.495 e. The van der Waals surface area contributed by atoms with Crippen molar-refractivity contribution in [1.29, 1.82) is 5.26 Å². The first-order chi connectivity index (χ1) is 17.1. The van der Waals surface area contributed by atoms with Crippen LogP contribution in [0.15, 0.2) is 81.5 Å². The Bertz CT molecular complexity index is 1580. The molecule has 3 aromatic carbocycles. The molecule has 0 radical (unpaired) electrons. The Morgan fingerprint density at radius 2 is 1.97 bits per heavy atom. The molecule has 3 N–H and O–H groups in total. The zero-order valence-corrected chi connectivity index (χ0v) is 20.8. The molecule has 0 spiro atoms. The van der Waals surface area contributed by atoms with Crippen LogP contribution in [0.1, 0.15) is 5.56 Å². The van der Waals surface area contributed by atoms with E-state index in [1.54, 1.807) is 24.5 Å². The van der Waals surface area contributed by atoms with Gasteiger partial charge >= 0.3 is 0 Å². The molecule has 0 atom stereocenters. The fraction of sp³-hybridized carbons (Fsp3) is 0.0385. The molecule has 0 unspecified atom stereocenters. The van der Waals surface area contributed by atoms with E-state index in [2.05, 4.69) is 16.4 Å². The number of fused-ring (bicyclic) bond motifs is 1. The fourth-order valence-corrected chi connectivity index (χ4v) is 5.69. The maximum atomic E-state index is 9.65. The zero-order valence-electron chi connectivity index (χ0n) is 18.4. The fourth-order valence-electron chi connectivity index (χ4n) is 3.61. The molecule has 0 bridgehead atoms. The van der Waals surface area contributed by atoms with Crippen LogP contribution in [0, 0.1) is 11.3 Å². The third-order valence-corrected chi connectivity index (χ3v) is 7.77. The van der Waals surface area contributed by atoms with Crippen molar-refractivity contribution < 1.29 is 4.74 Å². The molecule has 9 heteroatoms. The predicted molar refractivity (Wildman–Crippen MR) is 144 cm³/mol. The van der Waals surface area contributed by atoms with Crippen molar-refractivity contribution in [3.63, 3.8) is 0 Å². The number of thiazole rings is 1. The average molecular weight is 516 g/mol. The molecular weight excluding hydrogens is 498 g/mol. The summed E-state index contributed by atoms with van der Waals surface area (Å²) in [6.07, 6.45) is 1.50. The molecular formula is C26H18ClN5OS2. The van der Waals surface area contributed by atoms with Crippen molar-refractivity contribution in [2.75, 3.05) is 18.2 Å². The minimum absolute atomic E-state index is 0.396. The highest BCUT2D eigenvalue weighted by Crippen LogP contribution is 2.40. The Morgan fingerprint density at radius 3 is 2.71 bits per heavy atom. The Labute approximate surface area is 215 Å². The molecule has 0 saturated carbocycles. The number of halogens is 1. The number of nitrogens with zero attached hydrogens (tertiary/aromatic N) is 3. The number of ether oxygens (including phenoxy) is 1. The van der Waals surface area contributed by atoms with Crippen molar-refractivity contribution in [1.82, 2.24) is 9.97 Å². The summed E-state index contributed by atoms with van der Waals surface area (Å²) in [5, 5.41) is 16.3. The topological polar surface area (TPSA) is 96.8 Å². The lowest BCUT2D eigenvalue weighted by Crippen LogP contribution is -2.00. The molecule has 2 aromatic heterocycles. The number of hydrogen-bond acceptors (Lipinski definition) is 8. The molecule has 172 valence electrons. The summed E-state index contributed by atoms with van der Waals surface area (Å²) in [4.78, 5) is 9.98. The maximum Gasteiger partial charge on any atom is 0.155 e. The highest BCUT2D eigenvalue weighted by atomic mass is 35.5. The van der Waals surface area contributed by atoms with Crippen LogP contribution < -0.4 is 15.8 Å². The van der Waals surface area contributed by atoms with Crippen LogP contribution >= 0.6 is 34.7 Å². The van der Waals surface area contributed by atoms with E-state index in [0.29, 0.717) is 38.6 Å². The smallest absolute Gasteiger partial charge is 0.155 e. The molecule has 0 aliphatic carbocycles. The van der Waals surface area contributed by atoms with Crippen molar-refractivity contribution in [2.45, 2.75) is 9.24 Å². The molecule has 6 nitrogen and oxygen atoms in total. The number of anilines is 3. The van der Waals surface area contributed by atoms with Gasteiger partial charge in [0, 0.05) is 33.1 Å². The van der Waals surface area contributed by atoms with E-state index in [-0.39, 0.29) is 0 Å². The predicted octanol–water partition coefficient (Wildman–Crippen LogP) is 7.37. The first-order valence-electron chi connectivity index (χ1n) is 10.5. The van der Waals surface area contributed by atoms with Gasteiger partial charge in [0.15, 0.2) is 4.34 Å². The molecule has 5 aromatic rings. The Morgan fingerprint density at radius 1 is 1.14 bits per heavy atom. The van der Waals surface area contributed by atoms with Gasteiger partial charge in [-0.05, 0) is 30.3 Å². The third kappa shape index (κ3) is 4.62. The summed E-state index contributed by atoms with van der Waals surface area (Å²) < 4.78 is 6.20. The van der Waals surface area contributed by atoms with Crippen LogP contribution in [0.3, 0.4) is 0 Å². The van der Waals surface area contributed by atoms with Crippen LogP contribution in [0.2, 0.25) is 5.02 Å². The second-order valence-corrected chi connectivity index (χ2v) is 10.0. The van der Waals surface area contributed by atoms with Crippen LogP contribution in [-0.4, -0.2) is 17.1 Å². The number of aromatic nitrogens is 2. The van der Waals surface area contributed by atoms with E-state index in [9.17, 15) is 5.26 Å². The Balaban J connectivity index is 1.42. The second kappa shape index (κ2) is 9.84. The van der Waals surface area contributed by atoms with Gasteiger partial charge in [0.25, 0.3) is 0 Å². The number of nitrogens with one attached hydrogen (secondary N) is 1. The normalized spacial score (nSPS) is 10.8. The highest BCUT2D eigenvalue weighted by molar-refractivity contribution is 8.01. The SMILES string of the molecule is COc1ccc2c(Nc3ccc(Sc4nc(-c5ccccc5)cs4)c(Cl)c3)c(C#N)cnc2c1N. The van der Waals surface area contributed by atoms with E-state index < -0.39 is 0 Å². The van der Waals surface area contributed by atoms with E-state index in [1.165, 1.54) is 18.0 Å². The van der Waals surface area contributed by atoms with Gasteiger partial charge in [0.1, 0.15) is 17.5 Å². The largest absolute Gasteiger partial charge is 0.495 e. The van der Waals surface area contributed by atoms with Crippen molar-refractivity contribution >= 4 is 62.7 Å². The molecule has 0 aliphatic heterocycles. The van der Waals surface area contributed by atoms with E-state index in [0.717, 1.165) is 26.2 Å². The number of benzene rings is 3. The molecule has 2 heterocycles. The van der Waals surface area contributed by atoms with Crippen molar-refractivity contribution in [3.8, 4) is 23.1 Å². The number of methoxy groups -OCH3 is 1. The molecule has 0 saturated heterocycles. The van der Waals surface area contributed by atoms with Crippen LogP contribution in [0.5, 0.6) is 5.75 Å². The number of pyridine rings is 1. The first kappa shape index (κ1) is 23.0. The van der Waals surface area contributed by atoms with Gasteiger partial charge in [-0.2, -0.15) is 5.26 Å². The summed E-state index contributed by atoms with van der Waals surface area (Å²) >= 11 is 9.72. The van der Waals surface area contributed by atoms with Gasteiger partial charge < -0.3 is 15.8 Å². The summed E-state index contributed by atoms with van der Waals surface area (Å²) in [6.45, 7) is 0. The summed E-state index contributed by atoms with van der Waals surface area (Å²) in [6, 6.07) is 21.5. The second-order valence-electron chi connectivity index (χ2n) is 7.47. The molecule has 0 fully saturated rings. The number of nitriles is 1. The van der Waals surface area contributed by atoms with Gasteiger partial charge in [-0.3, -0.25) is 4.98 Å². The molecule has 0 amide bonds. The summed E-state index contributed by atoms with van der Waals surface area (Å²) in [5.41, 5.74) is 11.0. The van der Waals surface area contributed by atoms with Gasteiger partial charge in [0.2, 0.25) is 0 Å². The minimum atomic E-state index is 0.396. The Kier molecular flexibility index (Phi) is 6.47. The van der Waals surface area contributed by atoms with Crippen LogP contribution in [0.25, 0.3) is 22.2 Å². The lowest BCUT2D eigenvalue weighted by atomic mass is 10.1. The number of nitrogens with two attached hydrogens (primary N) is 1. The van der Waals surface area contributed by atoms with Gasteiger partial charge in [-0.15, -0.1) is 11.3 Å². The van der Waals surface area contributed by atoms with Gasteiger partial charge in [-0.25, -0.2) is 4.98 Å². The highest BCUT2D eigenvalue weighted by Gasteiger charge is 2.15. The maximum absolute atomic E-state index is 9.65. The number of hydrogen-bond donors (Lipinski definition) is 2. The van der Waals surface area contributed by atoms with Crippen LogP contribution in [0.4, 0.5) is 17.1 Å². The van der Waals surface area contributed by atoms with Gasteiger partial charge in [-0.1, -0.05) is 53.7 Å². The lowest BCUT2D eigenvalue weighted by Gasteiger charge is -2.14. The van der Waals surface area contributed by atoms with E-state index in [1.807, 2.05) is 60.0 Å². The Hall–Kier alpha value is -3.77. The quantitative estimate of drug-likeness (QED) is 0.228. The van der Waals surface area contributed by atoms with Crippen LogP contribution in [-0.2, 0) is 0 Å². The first-order valence-corrected chi connectivity index (χ1v) is 12.6. The molecule has 35 heavy (non-hydrogen) atoms. The monoisotopic (exact) mass is 515 g/mol. The molecule has 5 rings (SSSR count). The standard InChI is InChI=1S/C26H18ClN5OS2/c1-33-21-9-8-18-24(16(12-28)13-30-25(18)23(21)29)31-17-7-10-22(19(27)11-17)35-26-32-20(14-34-26)15-5-3-2-4-6-15/h2-11,13-14H,29H2,1H3,(H,30,31). The van der Waals surface area contributed by atoms with Gasteiger partial charge in [0.05, 0.1) is 34.6 Å². The van der Waals surface area contributed by atoms with E-state index >= 15 is 0 Å². The average Bonchev–Trinajstić information content (AvgIpc) is 3.35. The van der Waals surface area contributed by atoms with E-state index in [4.69, 9.17) is 27.1 Å². The summed E-state index contributed by atoms with van der Waals surface area (Å²) in [5.74, 6) is 0.530. The number of nitrogen functional groups attached to an aromatic ring is 1. The number of rotatable bonds is 6. The molecule has 0 aliphatic rings. The third-order valence-electron chi connectivity index (χ3n) is 5.33. The zero-order chi connectivity index (χ0) is 24.4. The van der Waals surface area contributed by atoms with Crippen molar-refractivity contribution in [2.24, 2.45) is 0 Å².